The number of rotatable bonds is 2. The molecule has 14 heavy (non-hydrogen) atoms. The van der Waals surface area contributed by atoms with E-state index in [1.807, 2.05) is 19.1 Å². The zero-order valence-electron chi connectivity index (χ0n) is 7.78. The van der Waals surface area contributed by atoms with Gasteiger partial charge in [-0.2, -0.15) is 4.99 Å². The minimum atomic E-state index is -0.0990. The summed E-state index contributed by atoms with van der Waals surface area (Å²) in [6.07, 6.45) is 0. The summed E-state index contributed by atoms with van der Waals surface area (Å²) in [4.78, 5) is 3.58. The third-order valence-corrected chi connectivity index (χ3v) is 2.17. The van der Waals surface area contributed by atoms with Crippen LogP contribution in [0.3, 0.4) is 0 Å². The fraction of sp³-hybridized carbons (Fsp3) is 0.250. The van der Waals surface area contributed by atoms with Crippen LogP contribution in [-0.2, 0) is 5.75 Å². The number of nitrogens with zero attached hydrogens (tertiary/aromatic N) is 1. The zero-order chi connectivity index (χ0) is 10.6. The van der Waals surface area contributed by atoms with Crippen LogP contribution in [0.15, 0.2) is 21.5 Å². The number of hydrogen-bond donors (Lipinski definition) is 3. The van der Waals surface area contributed by atoms with Crippen molar-refractivity contribution in [2.45, 2.75) is 12.7 Å². The summed E-state index contributed by atoms with van der Waals surface area (Å²) < 4.78 is 5.31. The molecular weight excluding hydrogens is 200 g/mol. The molecule has 0 radical (unpaired) electrons. The van der Waals surface area contributed by atoms with Crippen molar-refractivity contribution in [3.63, 3.8) is 0 Å². The topological polar surface area (TPSA) is 101 Å². The lowest BCUT2D eigenvalue weighted by Crippen LogP contribution is -2.23. The van der Waals surface area contributed by atoms with Crippen molar-refractivity contribution < 1.29 is 4.42 Å². The predicted molar refractivity (Wildman–Crippen MR) is 58.3 cm³/mol. The van der Waals surface area contributed by atoms with Gasteiger partial charge >= 0.3 is 0 Å². The zero-order valence-corrected chi connectivity index (χ0v) is 8.60. The summed E-state index contributed by atoms with van der Waals surface area (Å²) in [5.74, 6) is 2.12. The molecule has 0 aliphatic heterocycles. The highest BCUT2D eigenvalue weighted by atomic mass is 32.2. The molecule has 0 amide bonds. The molecule has 0 unspecified atom stereocenters. The first kappa shape index (κ1) is 10.6. The Bertz CT molecular complexity index is 354. The highest BCUT2D eigenvalue weighted by molar-refractivity contribution is 8.13. The molecule has 0 atom stereocenters. The first-order valence-corrected chi connectivity index (χ1v) is 4.93. The van der Waals surface area contributed by atoms with Crippen molar-refractivity contribution in [3.8, 4) is 0 Å². The Balaban J connectivity index is 2.41. The summed E-state index contributed by atoms with van der Waals surface area (Å²) in [5.41, 5.74) is 10.2. The fourth-order valence-corrected chi connectivity index (χ4v) is 1.46. The summed E-state index contributed by atoms with van der Waals surface area (Å²) in [7, 11) is 0. The Hall–Kier alpha value is -1.43. The van der Waals surface area contributed by atoms with Crippen LogP contribution in [0.5, 0.6) is 0 Å². The number of guanidine groups is 1. The van der Waals surface area contributed by atoms with Gasteiger partial charge in [0.15, 0.2) is 11.1 Å². The van der Waals surface area contributed by atoms with Crippen LogP contribution in [0, 0.1) is 12.3 Å². The molecule has 1 heterocycles. The molecule has 5 N–H and O–H groups in total. The molecule has 1 aromatic heterocycles. The molecule has 0 aromatic carbocycles. The van der Waals surface area contributed by atoms with E-state index in [-0.39, 0.29) is 11.1 Å². The second-order valence-electron chi connectivity index (χ2n) is 2.64. The number of thioether (sulfide) groups is 1. The molecule has 76 valence electrons. The van der Waals surface area contributed by atoms with E-state index in [0.29, 0.717) is 5.75 Å². The van der Waals surface area contributed by atoms with Gasteiger partial charge in [-0.3, -0.25) is 5.41 Å². The van der Waals surface area contributed by atoms with Crippen LogP contribution in [0.1, 0.15) is 11.5 Å². The van der Waals surface area contributed by atoms with E-state index < -0.39 is 0 Å². The Labute approximate surface area is 86.1 Å². The molecule has 1 rings (SSSR count). The van der Waals surface area contributed by atoms with E-state index >= 15 is 0 Å². The molecule has 1 aromatic rings. The molecule has 0 saturated heterocycles. The number of hydrogen-bond acceptors (Lipinski definition) is 3. The average Bonchev–Trinajstić information content (AvgIpc) is 2.47. The molecule has 0 fully saturated rings. The highest BCUT2D eigenvalue weighted by Gasteiger charge is 2.01. The van der Waals surface area contributed by atoms with Gasteiger partial charge in [0.2, 0.25) is 0 Å². The summed E-state index contributed by atoms with van der Waals surface area (Å²) >= 11 is 1.21. The maximum atomic E-state index is 7.35. The molecule has 5 nitrogen and oxygen atoms in total. The van der Waals surface area contributed by atoms with Crippen LogP contribution in [-0.4, -0.2) is 11.1 Å². The first-order valence-electron chi connectivity index (χ1n) is 3.94. The smallest absolute Gasteiger partial charge is 0.193 e. The maximum absolute atomic E-state index is 7.35. The lowest BCUT2D eigenvalue weighted by atomic mass is 10.5. The van der Waals surface area contributed by atoms with Crippen molar-refractivity contribution in [3.05, 3.63) is 23.7 Å². The Kier molecular flexibility index (Phi) is 3.58. The van der Waals surface area contributed by atoms with Crippen molar-refractivity contribution in [2.75, 3.05) is 0 Å². The van der Waals surface area contributed by atoms with E-state index in [9.17, 15) is 0 Å². The van der Waals surface area contributed by atoms with Gasteiger partial charge in [0, 0.05) is 0 Å². The van der Waals surface area contributed by atoms with Gasteiger partial charge in [0.25, 0.3) is 0 Å². The van der Waals surface area contributed by atoms with Crippen molar-refractivity contribution in [2.24, 2.45) is 16.5 Å². The van der Waals surface area contributed by atoms with Gasteiger partial charge < -0.3 is 15.9 Å². The molecule has 0 aliphatic rings. The largest absolute Gasteiger partial charge is 0.465 e. The quantitative estimate of drug-likeness (QED) is 0.503. The predicted octanol–water partition coefficient (Wildman–Crippen LogP) is 1.03. The summed E-state index contributed by atoms with van der Waals surface area (Å²) in [5, 5.41) is 7.43. The molecule has 0 spiro atoms. The Morgan fingerprint density at radius 2 is 2.29 bits per heavy atom. The minimum absolute atomic E-state index is 0.0825. The number of amidine groups is 1. The van der Waals surface area contributed by atoms with E-state index in [4.69, 9.17) is 21.3 Å². The number of aliphatic imine (C=N–C) groups is 1. The van der Waals surface area contributed by atoms with Crippen LogP contribution in [0.2, 0.25) is 0 Å². The molecule has 0 aliphatic carbocycles. The lowest BCUT2D eigenvalue weighted by molar-refractivity contribution is 0.501. The van der Waals surface area contributed by atoms with E-state index in [2.05, 4.69) is 4.99 Å². The summed E-state index contributed by atoms with van der Waals surface area (Å²) in [6, 6.07) is 3.74. The number of furan rings is 1. The van der Waals surface area contributed by atoms with Crippen molar-refractivity contribution in [1.29, 1.82) is 5.41 Å². The molecule has 0 saturated carbocycles. The lowest BCUT2D eigenvalue weighted by Gasteiger charge is -1.96. The van der Waals surface area contributed by atoms with Crippen LogP contribution >= 0.6 is 11.8 Å². The van der Waals surface area contributed by atoms with Crippen molar-refractivity contribution in [1.82, 2.24) is 0 Å². The van der Waals surface area contributed by atoms with Gasteiger partial charge in [-0.1, -0.05) is 11.8 Å². The van der Waals surface area contributed by atoms with Gasteiger partial charge in [-0.25, -0.2) is 0 Å². The van der Waals surface area contributed by atoms with E-state index in [1.165, 1.54) is 11.8 Å². The van der Waals surface area contributed by atoms with Gasteiger partial charge in [-0.15, -0.1) is 0 Å². The first-order chi connectivity index (χ1) is 6.58. The molecular formula is C8H12N4OS. The van der Waals surface area contributed by atoms with E-state index in [0.717, 1.165) is 11.5 Å². The van der Waals surface area contributed by atoms with Gasteiger partial charge in [0.05, 0.1) is 5.75 Å². The second kappa shape index (κ2) is 4.71. The third-order valence-electron chi connectivity index (χ3n) is 1.38. The number of nitrogens with two attached hydrogens (primary N) is 2. The van der Waals surface area contributed by atoms with Crippen LogP contribution in [0.4, 0.5) is 0 Å². The average molecular weight is 212 g/mol. The van der Waals surface area contributed by atoms with Crippen LogP contribution in [0.25, 0.3) is 0 Å². The van der Waals surface area contributed by atoms with Gasteiger partial charge in [0.1, 0.15) is 11.5 Å². The number of aryl methyl sites for hydroxylation is 1. The highest BCUT2D eigenvalue weighted by Crippen LogP contribution is 2.15. The normalized spacial score (nSPS) is 9.79. The Morgan fingerprint density at radius 3 is 2.79 bits per heavy atom. The van der Waals surface area contributed by atoms with E-state index in [1.54, 1.807) is 0 Å². The van der Waals surface area contributed by atoms with Crippen LogP contribution < -0.4 is 11.5 Å². The Morgan fingerprint density at radius 1 is 1.57 bits per heavy atom. The number of nitrogens with one attached hydrogen (secondary N) is 1. The second-order valence-corrected chi connectivity index (χ2v) is 3.61. The maximum Gasteiger partial charge on any atom is 0.193 e. The molecule has 0 bridgehead atoms. The van der Waals surface area contributed by atoms with Crippen molar-refractivity contribution >= 4 is 22.9 Å². The minimum Gasteiger partial charge on any atom is -0.465 e. The monoisotopic (exact) mass is 212 g/mol. The fourth-order valence-electron chi connectivity index (χ4n) is 0.852. The standard InChI is InChI=1S/C8H12N4OS/c1-5-2-3-6(13-5)4-14-8(11)12-7(9)10/h2-3H,4H2,1H3,(H5,9,10,11,12). The SMILES string of the molecule is Cc1ccc(CSC(=N)N=C(N)N)o1. The molecule has 6 heteroatoms. The summed E-state index contributed by atoms with van der Waals surface area (Å²) in [6.45, 7) is 1.87. The van der Waals surface area contributed by atoms with Gasteiger partial charge in [-0.05, 0) is 19.1 Å². The third kappa shape index (κ3) is 3.53.